The van der Waals surface area contributed by atoms with Gasteiger partial charge in [-0.25, -0.2) is 0 Å². The van der Waals surface area contributed by atoms with Crippen LogP contribution in [0.5, 0.6) is 0 Å². The fraction of sp³-hybridized carbons (Fsp3) is 0. The minimum atomic E-state index is 0.883. The first-order chi connectivity index (χ1) is 28.3. The summed E-state index contributed by atoms with van der Waals surface area (Å²) < 4.78 is 6.29. The first-order valence-corrected chi connectivity index (χ1v) is 19.6. The van der Waals surface area contributed by atoms with Gasteiger partial charge in [-0.3, -0.25) is 0 Å². The zero-order valence-corrected chi connectivity index (χ0v) is 31.2. The van der Waals surface area contributed by atoms with Gasteiger partial charge in [-0.2, -0.15) is 0 Å². The zero-order chi connectivity index (χ0) is 37.7. The van der Waals surface area contributed by atoms with Crippen LogP contribution in [-0.4, -0.2) is 0 Å². The molecule has 0 amide bonds. The lowest BCUT2D eigenvalue weighted by Crippen LogP contribution is -1.93. The molecule has 0 spiro atoms. The van der Waals surface area contributed by atoms with Crippen LogP contribution in [0.4, 0.5) is 0 Å². The largest absolute Gasteiger partial charge is 0.456 e. The first-order valence-electron chi connectivity index (χ1n) is 19.6. The monoisotopic (exact) mass is 724 g/mol. The van der Waals surface area contributed by atoms with Crippen LogP contribution < -0.4 is 0 Å². The van der Waals surface area contributed by atoms with Crippen LogP contribution in [0.2, 0.25) is 0 Å². The molecule has 0 N–H and O–H groups in total. The molecule has 0 atom stereocenters. The number of rotatable bonds is 6. The van der Waals surface area contributed by atoms with Gasteiger partial charge in [0, 0.05) is 10.9 Å². The second-order valence-electron chi connectivity index (χ2n) is 14.8. The molecule has 11 rings (SSSR count). The SMILES string of the molecule is c1ccc(-c2cc(-c3ccccc3)cc(-c3c4ccccc4c(-c4ccc(-c5ccc6oc(-c7ccccc7)cc6c5)c5ccccc45)c4ccccc34)c2)cc1. The summed E-state index contributed by atoms with van der Waals surface area (Å²) >= 11 is 0. The van der Waals surface area contributed by atoms with Gasteiger partial charge < -0.3 is 4.42 Å². The Labute approximate surface area is 331 Å². The van der Waals surface area contributed by atoms with Gasteiger partial charge in [0.25, 0.3) is 0 Å². The summed E-state index contributed by atoms with van der Waals surface area (Å²) in [5.41, 5.74) is 14.1. The Kier molecular flexibility index (Phi) is 7.89. The van der Waals surface area contributed by atoms with Gasteiger partial charge >= 0.3 is 0 Å². The minimum Gasteiger partial charge on any atom is -0.456 e. The summed E-state index contributed by atoms with van der Waals surface area (Å²) in [4.78, 5) is 0. The van der Waals surface area contributed by atoms with E-state index in [-0.39, 0.29) is 0 Å². The molecule has 0 unspecified atom stereocenters. The third kappa shape index (κ3) is 5.72. The third-order valence-corrected chi connectivity index (χ3v) is 11.4. The van der Waals surface area contributed by atoms with Crippen LogP contribution in [0.3, 0.4) is 0 Å². The molecule has 0 aliphatic rings. The van der Waals surface area contributed by atoms with E-state index in [0.717, 1.165) is 22.3 Å². The molecule has 1 aromatic heterocycles. The maximum atomic E-state index is 6.29. The number of furan rings is 1. The molecule has 11 aromatic rings. The van der Waals surface area contributed by atoms with Crippen molar-refractivity contribution in [1.82, 2.24) is 0 Å². The van der Waals surface area contributed by atoms with E-state index in [1.807, 2.05) is 18.2 Å². The zero-order valence-electron chi connectivity index (χ0n) is 31.2. The Hall–Kier alpha value is -7.48. The van der Waals surface area contributed by atoms with Crippen LogP contribution in [0.1, 0.15) is 0 Å². The van der Waals surface area contributed by atoms with Crippen molar-refractivity contribution in [2.24, 2.45) is 0 Å². The fourth-order valence-electron chi connectivity index (χ4n) is 8.82. The molecule has 0 radical (unpaired) electrons. The Morgan fingerprint density at radius 1 is 0.246 bits per heavy atom. The topological polar surface area (TPSA) is 13.1 Å². The summed E-state index contributed by atoms with van der Waals surface area (Å²) in [6, 6.07) is 79.0. The van der Waals surface area contributed by atoms with Crippen molar-refractivity contribution in [3.8, 4) is 67.0 Å². The molecule has 1 nitrogen and oxygen atoms in total. The van der Waals surface area contributed by atoms with E-state index in [4.69, 9.17) is 4.42 Å². The van der Waals surface area contributed by atoms with E-state index < -0.39 is 0 Å². The Morgan fingerprint density at radius 2 is 0.684 bits per heavy atom. The average molecular weight is 725 g/mol. The van der Waals surface area contributed by atoms with Gasteiger partial charge in [-0.05, 0) is 124 Å². The Morgan fingerprint density at radius 3 is 1.25 bits per heavy atom. The summed E-state index contributed by atoms with van der Waals surface area (Å²) in [6.07, 6.45) is 0. The first kappa shape index (κ1) is 32.9. The second-order valence-corrected chi connectivity index (χ2v) is 14.8. The van der Waals surface area contributed by atoms with Crippen LogP contribution in [-0.2, 0) is 0 Å². The van der Waals surface area contributed by atoms with Crippen molar-refractivity contribution in [2.75, 3.05) is 0 Å². The van der Waals surface area contributed by atoms with E-state index in [1.165, 1.54) is 88.0 Å². The van der Waals surface area contributed by atoms with E-state index in [0.29, 0.717) is 0 Å². The molecule has 0 bridgehead atoms. The molecule has 0 aliphatic carbocycles. The standard InChI is InChI=1S/C56H36O/c1-4-16-37(17-5-1)41-33-42(38-18-6-2-7-19-38)35-44(34-41)55-48-24-12-14-26-50(48)56(51-27-15-13-25-49(51)55)52-30-29-45(46-22-10-11-23-47(46)52)40-28-31-53-43(32-40)36-54(57-53)39-20-8-3-9-21-39/h1-36H. The quantitative estimate of drug-likeness (QED) is 0.156. The third-order valence-electron chi connectivity index (χ3n) is 11.4. The van der Waals surface area contributed by atoms with Crippen LogP contribution in [0, 0.1) is 0 Å². The second kappa shape index (κ2) is 13.7. The lowest BCUT2D eigenvalue weighted by atomic mass is 9.83. The molecule has 1 heterocycles. The molecule has 0 aliphatic heterocycles. The lowest BCUT2D eigenvalue weighted by molar-refractivity contribution is 0.631. The molecule has 57 heavy (non-hydrogen) atoms. The number of hydrogen-bond donors (Lipinski definition) is 0. The van der Waals surface area contributed by atoms with Crippen molar-refractivity contribution < 1.29 is 4.42 Å². The predicted octanol–water partition coefficient (Wildman–Crippen LogP) is 15.9. The minimum absolute atomic E-state index is 0.883. The lowest BCUT2D eigenvalue weighted by Gasteiger charge is -2.20. The molecule has 0 saturated heterocycles. The van der Waals surface area contributed by atoms with Gasteiger partial charge in [0.2, 0.25) is 0 Å². The Balaban J connectivity index is 1.13. The van der Waals surface area contributed by atoms with Crippen molar-refractivity contribution in [3.63, 3.8) is 0 Å². The molecular formula is C56H36O. The summed E-state index contributed by atoms with van der Waals surface area (Å²) in [5, 5.41) is 8.51. The van der Waals surface area contributed by atoms with Gasteiger partial charge in [0.15, 0.2) is 0 Å². The number of hydrogen-bond acceptors (Lipinski definition) is 1. The molecule has 266 valence electrons. The fourth-order valence-corrected chi connectivity index (χ4v) is 8.82. The highest BCUT2D eigenvalue weighted by Crippen LogP contribution is 2.47. The van der Waals surface area contributed by atoms with Crippen molar-refractivity contribution in [2.45, 2.75) is 0 Å². The van der Waals surface area contributed by atoms with Gasteiger partial charge in [-0.15, -0.1) is 0 Å². The Bertz CT molecular complexity index is 3150. The normalized spacial score (nSPS) is 11.5. The highest BCUT2D eigenvalue weighted by Gasteiger charge is 2.20. The molecular weight excluding hydrogens is 689 g/mol. The summed E-state index contributed by atoms with van der Waals surface area (Å²) in [5.74, 6) is 0.883. The maximum absolute atomic E-state index is 6.29. The van der Waals surface area contributed by atoms with Gasteiger partial charge in [-0.1, -0.05) is 182 Å². The van der Waals surface area contributed by atoms with Crippen LogP contribution in [0.15, 0.2) is 223 Å². The number of fused-ring (bicyclic) bond motifs is 4. The molecule has 0 fully saturated rings. The maximum Gasteiger partial charge on any atom is 0.135 e. The van der Waals surface area contributed by atoms with Gasteiger partial charge in [0.1, 0.15) is 11.3 Å². The van der Waals surface area contributed by atoms with E-state index in [9.17, 15) is 0 Å². The van der Waals surface area contributed by atoms with Crippen molar-refractivity contribution >= 4 is 43.3 Å². The van der Waals surface area contributed by atoms with Crippen molar-refractivity contribution in [3.05, 3.63) is 218 Å². The van der Waals surface area contributed by atoms with Crippen LogP contribution >= 0.6 is 0 Å². The summed E-state index contributed by atoms with van der Waals surface area (Å²) in [7, 11) is 0. The van der Waals surface area contributed by atoms with Crippen LogP contribution in [0.25, 0.3) is 110 Å². The number of benzene rings is 10. The molecule has 1 heteroatoms. The van der Waals surface area contributed by atoms with E-state index >= 15 is 0 Å². The molecule has 0 saturated carbocycles. The van der Waals surface area contributed by atoms with E-state index in [2.05, 4.69) is 200 Å². The van der Waals surface area contributed by atoms with E-state index in [1.54, 1.807) is 0 Å². The van der Waals surface area contributed by atoms with Crippen molar-refractivity contribution in [1.29, 1.82) is 0 Å². The molecule has 10 aromatic carbocycles. The predicted molar refractivity (Wildman–Crippen MR) is 241 cm³/mol. The highest BCUT2D eigenvalue weighted by molar-refractivity contribution is 6.24. The highest BCUT2D eigenvalue weighted by atomic mass is 16.3. The smallest absolute Gasteiger partial charge is 0.135 e. The average Bonchev–Trinajstić information content (AvgIpc) is 3.73. The van der Waals surface area contributed by atoms with Gasteiger partial charge in [0.05, 0.1) is 0 Å². The summed E-state index contributed by atoms with van der Waals surface area (Å²) in [6.45, 7) is 0.